The summed E-state index contributed by atoms with van der Waals surface area (Å²) in [6.07, 6.45) is 12.7. The first kappa shape index (κ1) is 98.4. The fourth-order valence-electron chi connectivity index (χ4n) is 12.7. The first-order valence-corrected chi connectivity index (χ1v) is 46.3. The van der Waals surface area contributed by atoms with Gasteiger partial charge in [-0.15, -0.1) is 0 Å². The molecule has 14 rings (SSSR count). The fourth-order valence-corrected chi connectivity index (χ4v) is 12.8. The second-order valence-corrected chi connectivity index (χ2v) is 34.1. The Bertz CT molecular complexity index is 5520. The predicted octanol–water partition coefficient (Wildman–Crippen LogP) is 18.3. The maximum atomic E-state index is 14.0. The second kappa shape index (κ2) is 47.6. The Balaban J connectivity index is 0.000000224. The number of hydrogen-bond donors (Lipinski definition) is 8. The van der Waals surface area contributed by atoms with Gasteiger partial charge in [0.1, 0.15) is 0 Å². The van der Waals surface area contributed by atoms with Gasteiger partial charge in [-0.3, -0.25) is 49.5 Å². The molecule has 2 amide bonds. The number of nitro benzene ring substituents is 3. The molecule has 0 aliphatic heterocycles. The standard InChI is InChI=1S/C29H35N9O3.C21H18FN7O3.C14H15FN6.C8H18N2.C7H4ClNO3.CH4NP.CH4.2ClH.Sn/c1-18(2)37-17-30-25-26(34-29(35-27(25)37)33-20-10-14-23(15-11-20)36(3)4)31-21-6-5-7-22(16-21)32-28(39)19-8-12-24(13-9-19)38(40)41;1-12(2)28-11-23-17-18(26-21(22)27-19(17)28)24-14-4-3-5-15(10-14)25-20(30)13-6-8-16(9-7-13)29(31)32;1-8(2)21-7-17-11-12(19-14(15)20-13(11)21)18-10-5-3-4-9(16)6-10;1-10(2)8-5-3-7(9)4-6-8;8-7(10)5-1-3-6(4-2-5)9(11)12;1-2-3;;;;/h5-9,12-13,16-18,20,23H,10-11,14-15H2,1-4H3,(H,32,39)(H2,31,33,34,35);3-12H,1-2H3,(H,25,30)(H,24,26,27);3-8H,16H2,1-2H3,(H,18,19,20);7-8H,3-6,9H2,1-2H3;1-4H;3H,1H3;1H4;2*1H;/q;;;;;;;;;+2/p-2. The number of carbonyl (C=O) groups is 3. The molecule has 0 bridgehead atoms. The van der Waals surface area contributed by atoms with Crippen LogP contribution in [0, 0.1) is 42.5 Å². The van der Waals surface area contributed by atoms with Gasteiger partial charge in [-0.25, -0.2) is 15.0 Å². The van der Waals surface area contributed by atoms with Crippen molar-refractivity contribution in [1.82, 2.24) is 68.4 Å². The van der Waals surface area contributed by atoms with Crippen LogP contribution >= 0.6 is 38.5 Å². The molecule has 650 valence electrons. The van der Waals surface area contributed by atoms with E-state index in [0.717, 1.165) is 37.4 Å². The number of fused-ring (bicyclic) bond motifs is 3. The molecule has 12 aromatic rings. The SMILES string of the molecule is C.CC(C)n1cnc2c(Nc3cccc(N)c3)nc(F)nc21.CC(C)n1cnc2c(Nc3cccc(NC(=O)c4ccc([N+](=O)[O-])cc4)c3)nc(F)nc21.CC(C)n1cnc2c(Nc3cccc(NC(=O)c4ccc([N+](=O)[O-])cc4)c3)nc(NC3CCC(N(C)C)CC3)nc21.CN(C)C1CCC(N)CC1.CN=P.O=C(Cl)c1ccc([N+](=O)[O-])cc1.[Cl][Sn][Cl]. The number of aromatic nitrogens is 12. The predicted molar refractivity (Wildman–Crippen MR) is 484 cm³/mol. The van der Waals surface area contributed by atoms with E-state index in [2.05, 4.69) is 132 Å². The summed E-state index contributed by atoms with van der Waals surface area (Å²) in [5, 5.41) is 49.8. The van der Waals surface area contributed by atoms with Crippen LogP contribution in [0.25, 0.3) is 33.5 Å². The van der Waals surface area contributed by atoms with Gasteiger partial charge in [-0.2, -0.15) is 38.7 Å². The van der Waals surface area contributed by atoms with E-state index in [4.69, 9.17) is 50.9 Å². The zero-order valence-corrected chi connectivity index (χ0v) is 74.7. The number of rotatable bonds is 21. The fraction of sp³-hybridized carbons (Fsp3) is 0.333. The average Bonchev–Trinajstić information content (AvgIpc) is 1.66. The van der Waals surface area contributed by atoms with E-state index in [1.165, 1.54) is 98.5 Å². The number of nitrogen functional groups attached to an aromatic ring is 1. The summed E-state index contributed by atoms with van der Waals surface area (Å²) in [5.74, 6) is 0.847. The number of nitrogens with two attached hydrogens (primary N) is 2. The summed E-state index contributed by atoms with van der Waals surface area (Å²) < 4.78 is 36.6. The Morgan fingerprint density at radius 2 is 0.829 bits per heavy atom. The molecular formula is C81H98Cl3F2N26O9PSn. The van der Waals surface area contributed by atoms with Gasteiger partial charge in [0.2, 0.25) is 5.95 Å². The van der Waals surface area contributed by atoms with Crippen LogP contribution in [0.1, 0.15) is 150 Å². The van der Waals surface area contributed by atoms with Gasteiger partial charge in [0.25, 0.3) is 34.1 Å². The number of imidazole rings is 3. The molecule has 2 aliphatic carbocycles. The van der Waals surface area contributed by atoms with E-state index in [1.54, 1.807) is 89.8 Å². The number of halogens is 5. The zero-order valence-electron chi connectivity index (χ0n) is 68.6. The van der Waals surface area contributed by atoms with Crippen molar-refractivity contribution >= 4 is 183 Å². The molecular weight excluding hydrogens is 1780 g/mol. The summed E-state index contributed by atoms with van der Waals surface area (Å²) in [4.78, 5) is 109. The Hall–Kier alpha value is -11.7. The van der Waals surface area contributed by atoms with E-state index < -0.39 is 57.0 Å². The Kier molecular flexibility index (Phi) is 38.1. The van der Waals surface area contributed by atoms with Crippen LogP contribution < -0.4 is 43.4 Å². The van der Waals surface area contributed by atoms with Crippen molar-refractivity contribution in [2.75, 3.05) is 72.9 Å². The minimum absolute atomic E-state index is 0. The van der Waals surface area contributed by atoms with Gasteiger partial charge in [0, 0.05) is 137 Å². The van der Waals surface area contributed by atoms with E-state index in [9.17, 15) is 53.5 Å². The molecule has 6 heterocycles. The van der Waals surface area contributed by atoms with E-state index >= 15 is 0 Å². The summed E-state index contributed by atoms with van der Waals surface area (Å²) >= 11 is 4.30. The van der Waals surface area contributed by atoms with Crippen molar-refractivity contribution in [3.05, 3.63) is 224 Å². The van der Waals surface area contributed by atoms with E-state index in [-0.39, 0.29) is 65.5 Å². The van der Waals surface area contributed by atoms with Crippen LogP contribution in [0.4, 0.5) is 83.4 Å². The summed E-state index contributed by atoms with van der Waals surface area (Å²) in [6.45, 7) is 12.0. The molecule has 6 aromatic heterocycles. The average molecular weight is 1870 g/mol. The third-order valence-electron chi connectivity index (χ3n) is 19.0. The molecule has 0 spiro atoms. The third kappa shape index (κ3) is 29.0. The van der Waals surface area contributed by atoms with Gasteiger partial charge < -0.3 is 66.9 Å². The molecule has 0 atom stereocenters. The number of nitrogens with zero attached hydrogens (tertiary/aromatic N) is 18. The molecule has 123 heavy (non-hydrogen) atoms. The summed E-state index contributed by atoms with van der Waals surface area (Å²) in [6, 6.07) is 39.5. The van der Waals surface area contributed by atoms with Crippen LogP contribution in [-0.4, -0.2) is 178 Å². The molecule has 6 aromatic carbocycles. The van der Waals surface area contributed by atoms with Crippen molar-refractivity contribution in [3.63, 3.8) is 0 Å². The molecule has 0 saturated heterocycles. The number of benzene rings is 6. The molecule has 10 N–H and O–H groups in total. The Morgan fingerprint density at radius 3 is 1.16 bits per heavy atom. The Morgan fingerprint density at radius 1 is 0.512 bits per heavy atom. The first-order valence-electron chi connectivity index (χ1n) is 38.2. The van der Waals surface area contributed by atoms with Gasteiger partial charge in [0.05, 0.1) is 33.8 Å². The molecule has 2 saturated carbocycles. The number of amides is 2. The van der Waals surface area contributed by atoms with Crippen LogP contribution in [0.15, 0.2) is 169 Å². The number of hydrogen-bond acceptors (Lipinski definition) is 27. The topological polar surface area (TPSA) is 454 Å². The molecule has 2 fully saturated rings. The van der Waals surface area contributed by atoms with Crippen LogP contribution in [0.2, 0.25) is 0 Å². The van der Waals surface area contributed by atoms with Crippen LogP contribution in [-0.2, 0) is 0 Å². The summed E-state index contributed by atoms with van der Waals surface area (Å²) in [7, 11) is 22.9. The van der Waals surface area contributed by atoms with Crippen LogP contribution in [0.3, 0.4) is 0 Å². The molecule has 42 heteroatoms. The summed E-state index contributed by atoms with van der Waals surface area (Å²) in [5.41, 5.74) is 18.9. The molecule has 2 aliphatic rings. The van der Waals surface area contributed by atoms with E-state index in [0.29, 0.717) is 103 Å². The number of nitro groups is 3. The number of carbonyl (C=O) groups excluding carboxylic acids is 3. The Labute approximate surface area is 733 Å². The number of anilines is 10. The van der Waals surface area contributed by atoms with Crippen molar-refractivity contribution < 1.29 is 37.9 Å². The van der Waals surface area contributed by atoms with Gasteiger partial charge >= 0.3 is 48.9 Å². The van der Waals surface area contributed by atoms with Crippen molar-refractivity contribution in [2.45, 2.75) is 143 Å². The first-order chi connectivity index (χ1) is 58.2. The third-order valence-corrected chi connectivity index (χ3v) is 19.2. The van der Waals surface area contributed by atoms with Gasteiger partial charge in [-0.05, 0) is 233 Å². The molecule has 35 nitrogen and oxygen atoms in total. The van der Waals surface area contributed by atoms with Crippen molar-refractivity contribution in [1.29, 1.82) is 0 Å². The number of non-ortho nitro benzene ring substituents is 3. The monoisotopic (exact) mass is 1870 g/mol. The van der Waals surface area contributed by atoms with E-state index in [1.807, 2.05) is 50.5 Å². The van der Waals surface area contributed by atoms with Gasteiger partial charge in [0.15, 0.2) is 50.9 Å². The molecule has 2 radical (unpaired) electrons. The second-order valence-electron chi connectivity index (χ2n) is 29.0. The van der Waals surface area contributed by atoms with Crippen molar-refractivity contribution in [3.8, 4) is 0 Å². The normalized spacial score (nSPS) is 14.5. The van der Waals surface area contributed by atoms with Crippen molar-refractivity contribution in [2.24, 2.45) is 10.5 Å². The maximum absolute atomic E-state index is 14.0. The van der Waals surface area contributed by atoms with Crippen LogP contribution in [0.5, 0.6) is 0 Å². The minimum atomic E-state index is -0.884. The quantitative estimate of drug-likeness (QED) is 0.00630. The zero-order chi connectivity index (χ0) is 89.0. The number of nitrogens with one attached hydrogen (secondary N) is 6. The van der Waals surface area contributed by atoms with Gasteiger partial charge in [-0.1, -0.05) is 25.6 Å². The molecule has 0 unspecified atom stereocenters.